The fraction of sp³-hybridized carbons (Fsp3) is 0.318. The van der Waals surface area contributed by atoms with Crippen molar-refractivity contribution in [1.82, 2.24) is 15.1 Å². The summed E-state index contributed by atoms with van der Waals surface area (Å²) in [6, 6.07) is 13.0. The average molecular weight is 426 g/mol. The third kappa shape index (κ3) is 3.73. The van der Waals surface area contributed by atoms with Gasteiger partial charge in [-0.2, -0.15) is 0 Å². The van der Waals surface area contributed by atoms with Crippen LogP contribution >= 0.6 is 11.6 Å². The first-order valence-corrected chi connectivity index (χ1v) is 10.3. The van der Waals surface area contributed by atoms with Gasteiger partial charge in [-0.15, -0.1) is 10.2 Å². The van der Waals surface area contributed by atoms with E-state index in [2.05, 4.69) is 10.2 Å². The minimum Gasteiger partial charge on any atom is -0.454 e. The Labute approximate surface area is 178 Å². The fourth-order valence-electron chi connectivity index (χ4n) is 3.87. The van der Waals surface area contributed by atoms with Crippen molar-refractivity contribution in [3.05, 3.63) is 58.9 Å². The number of aromatic nitrogens is 2. The lowest BCUT2D eigenvalue weighted by atomic mass is 9.97. The molecule has 8 heteroatoms. The number of halogens is 1. The first kappa shape index (κ1) is 18.9. The maximum Gasteiger partial charge on any atom is 0.247 e. The van der Waals surface area contributed by atoms with Gasteiger partial charge in [0, 0.05) is 23.7 Å². The zero-order chi connectivity index (χ0) is 20.5. The average Bonchev–Trinajstić information content (AvgIpc) is 3.44. The molecule has 0 spiro atoms. The topological polar surface area (TPSA) is 77.7 Å². The predicted molar refractivity (Wildman–Crippen MR) is 110 cm³/mol. The molecule has 30 heavy (non-hydrogen) atoms. The number of piperidine rings is 1. The first-order valence-electron chi connectivity index (χ1n) is 9.92. The number of likely N-dealkylation sites (tertiary alicyclic amines) is 1. The third-order valence-corrected chi connectivity index (χ3v) is 5.85. The quantitative estimate of drug-likeness (QED) is 0.627. The molecule has 1 fully saturated rings. The molecule has 1 saturated heterocycles. The molecular formula is C22H20ClN3O4. The van der Waals surface area contributed by atoms with Crippen LogP contribution in [-0.4, -0.2) is 40.9 Å². The normalized spacial score (nSPS) is 17.9. The minimum absolute atomic E-state index is 0.0178. The molecule has 3 heterocycles. The standard InChI is InChI=1S/C22H20ClN3O4/c23-17-6-2-1-4-14(17)11-20(27)26-9-3-5-16(12-26)22-25-24-21(30-22)15-7-8-18-19(10-15)29-13-28-18/h1-2,4,6-8,10,16H,3,5,9,11-13H2. The number of carbonyl (C=O) groups is 1. The number of hydrogen-bond acceptors (Lipinski definition) is 6. The summed E-state index contributed by atoms with van der Waals surface area (Å²) >= 11 is 6.21. The summed E-state index contributed by atoms with van der Waals surface area (Å²) in [7, 11) is 0. The van der Waals surface area contributed by atoms with Crippen molar-refractivity contribution in [2.75, 3.05) is 19.9 Å². The second-order valence-corrected chi connectivity index (χ2v) is 7.87. The summed E-state index contributed by atoms with van der Waals surface area (Å²) in [4.78, 5) is 14.7. The van der Waals surface area contributed by atoms with Crippen molar-refractivity contribution in [2.45, 2.75) is 25.2 Å². The van der Waals surface area contributed by atoms with E-state index in [1.807, 2.05) is 41.3 Å². The van der Waals surface area contributed by atoms with Crippen LogP contribution in [-0.2, 0) is 11.2 Å². The van der Waals surface area contributed by atoms with E-state index in [1.54, 1.807) is 6.07 Å². The SMILES string of the molecule is O=C(Cc1ccccc1Cl)N1CCCC(c2nnc(-c3ccc4c(c3)OCO4)o2)C1. The number of benzene rings is 2. The van der Waals surface area contributed by atoms with Crippen LogP contribution in [0.2, 0.25) is 5.02 Å². The fourth-order valence-corrected chi connectivity index (χ4v) is 4.07. The number of hydrogen-bond donors (Lipinski definition) is 0. The van der Waals surface area contributed by atoms with Crippen LogP contribution in [0.4, 0.5) is 0 Å². The Hall–Kier alpha value is -3.06. The van der Waals surface area contributed by atoms with E-state index in [9.17, 15) is 4.79 Å². The highest BCUT2D eigenvalue weighted by atomic mass is 35.5. The smallest absolute Gasteiger partial charge is 0.247 e. The predicted octanol–water partition coefficient (Wildman–Crippen LogP) is 4.07. The number of carbonyl (C=O) groups excluding carboxylic acids is 1. The minimum atomic E-state index is 0.0178. The van der Waals surface area contributed by atoms with Crippen molar-refractivity contribution < 1.29 is 18.7 Å². The lowest BCUT2D eigenvalue weighted by molar-refractivity contribution is -0.131. The summed E-state index contributed by atoms with van der Waals surface area (Å²) < 4.78 is 16.7. The van der Waals surface area contributed by atoms with Crippen molar-refractivity contribution >= 4 is 17.5 Å². The van der Waals surface area contributed by atoms with E-state index in [0.717, 1.165) is 30.5 Å². The molecule has 0 N–H and O–H groups in total. The van der Waals surface area contributed by atoms with Gasteiger partial charge in [-0.3, -0.25) is 4.79 Å². The van der Waals surface area contributed by atoms with Crippen LogP contribution in [0.5, 0.6) is 11.5 Å². The monoisotopic (exact) mass is 425 g/mol. The molecule has 154 valence electrons. The van der Waals surface area contributed by atoms with Crippen molar-refractivity contribution in [3.63, 3.8) is 0 Å². The summed E-state index contributed by atoms with van der Waals surface area (Å²) in [5.41, 5.74) is 1.62. The van der Waals surface area contributed by atoms with Crippen LogP contribution in [0, 0.1) is 0 Å². The Morgan fingerprint density at radius 2 is 2.00 bits per heavy atom. The van der Waals surface area contributed by atoms with E-state index in [0.29, 0.717) is 41.3 Å². The maximum absolute atomic E-state index is 12.8. The number of nitrogens with zero attached hydrogens (tertiary/aromatic N) is 3. The van der Waals surface area contributed by atoms with E-state index in [-0.39, 0.29) is 18.6 Å². The van der Waals surface area contributed by atoms with Crippen LogP contribution in [0.1, 0.15) is 30.2 Å². The Kier molecular flexibility index (Phi) is 5.04. The van der Waals surface area contributed by atoms with Gasteiger partial charge in [-0.25, -0.2) is 0 Å². The molecule has 1 atom stereocenters. The summed E-state index contributed by atoms with van der Waals surface area (Å²) in [5, 5.41) is 9.07. The Bertz CT molecular complexity index is 1080. The highest BCUT2D eigenvalue weighted by Gasteiger charge is 2.29. The molecule has 2 aliphatic rings. The molecule has 3 aromatic rings. The number of rotatable bonds is 4. The van der Waals surface area contributed by atoms with Gasteiger partial charge in [-0.05, 0) is 42.7 Å². The molecule has 1 aromatic heterocycles. The number of fused-ring (bicyclic) bond motifs is 1. The maximum atomic E-state index is 12.8. The van der Waals surface area contributed by atoms with E-state index in [4.69, 9.17) is 25.5 Å². The molecule has 0 radical (unpaired) electrons. The molecule has 0 bridgehead atoms. The van der Waals surface area contributed by atoms with Gasteiger partial charge in [0.25, 0.3) is 0 Å². The van der Waals surface area contributed by atoms with Gasteiger partial charge in [0.05, 0.1) is 12.3 Å². The molecular weight excluding hydrogens is 406 g/mol. The van der Waals surface area contributed by atoms with Crippen LogP contribution in [0.15, 0.2) is 46.9 Å². The van der Waals surface area contributed by atoms with Crippen LogP contribution in [0.3, 0.4) is 0 Å². The third-order valence-electron chi connectivity index (χ3n) is 5.48. The first-order chi connectivity index (χ1) is 14.7. The van der Waals surface area contributed by atoms with Crippen molar-refractivity contribution in [1.29, 1.82) is 0 Å². The van der Waals surface area contributed by atoms with Gasteiger partial charge in [-0.1, -0.05) is 29.8 Å². The Balaban J connectivity index is 1.28. The highest BCUT2D eigenvalue weighted by molar-refractivity contribution is 6.31. The van der Waals surface area contributed by atoms with E-state index >= 15 is 0 Å². The Morgan fingerprint density at radius 3 is 2.90 bits per heavy atom. The zero-order valence-corrected chi connectivity index (χ0v) is 17.0. The van der Waals surface area contributed by atoms with E-state index < -0.39 is 0 Å². The van der Waals surface area contributed by atoms with Gasteiger partial charge >= 0.3 is 0 Å². The summed E-state index contributed by atoms with van der Waals surface area (Å²) in [6.07, 6.45) is 2.08. The van der Waals surface area contributed by atoms with Crippen molar-refractivity contribution in [2.24, 2.45) is 0 Å². The van der Waals surface area contributed by atoms with E-state index in [1.165, 1.54) is 0 Å². The van der Waals surface area contributed by atoms with Crippen LogP contribution in [0.25, 0.3) is 11.5 Å². The summed E-state index contributed by atoms with van der Waals surface area (Å²) in [5.74, 6) is 2.44. The number of ether oxygens (including phenoxy) is 2. The zero-order valence-electron chi connectivity index (χ0n) is 16.2. The lowest BCUT2D eigenvalue weighted by Gasteiger charge is -2.31. The molecule has 0 aliphatic carbocycles. The second kappa shape index (κ2) is 7.99. The molecule has 5 rings (SSSR count). The molecule has 2 aromatic carbocycles. The second-order valence-electron chi connectivity index (χ2n) is 7.46. The lowest BCUT2D eigenvalue weighted by Crippen LogP contribution is -2.40. The van der Waals surface area contributed by atoms with Gasteiger partial charge in [0.1, 0.15) is 0 Å². The summed E-state index contributed by atoms with van der Waals surface area (Å²) in [6.45, 7) is 1.50. The molecule has 1 unspecified atom stereocenters. The molecule has 2 aliphatic heterocycles. The van der Waals surface area contributed by atoms with Crippen LogP contribution < -0.4 is 9.47 Å². The Morgan fingerprint density at radius 1 is 1.13 bits per heavy atom. The molecule has 0 saturated carbocycles. The van der Waals surface area contributed by atoms with Gasteiger partial charge in [0.15, 0.2) is 11.5 Å². The van der Waals surface area contributed by atoms with Gasteiger partial charge < -0.3 is 18.8 Å². The van der Waals surface area contributed by atoms with Gasteiger partial charge in [0.2, 0.25) is 24.5 Å². The largest absolute Gasteiger partial charge is 0.454 e. The molecule has 1 amide bonds. The van der Waals surface area contributed by atoms with Crippen molar-refractivity contribution in [3.8, 4) is 23.0 Å². The highest BCUT2D eigenvalue weighted by Crippen LogP contribution is 2.36. The number of amides is 1. The molecule has 7 nitrogen and oxygen atoms in total.